The number of morpholine rings is 1. The number of ether oxygens (including phenoxy) is 1. The second kappa shape index (κ2) is 5.47. The zero-order valence-electron chi connectivity index (χ0n) is 13.0. The molecule has 2 atom stereocenters. The average molecular weight is 278 g/mol. The lowest BCUT2D eigenvalue weighted by Crippen LogP contribution is -2.48. The monoisotopic (exact) mass is 278 g/mol. The fourth-order valence-electron chi connectivity index (χ4n) is 3.23. The lowest BCUT2D eigenvalue weighted by molar-refractivity contribution is -0.0619. The number of likely N-dealkylation sites (N-methyl/N-ethyl adjacent to an activating group) is 1. The molecular weight excluding hydrogens is 252 g/mol. The number of nitrogens with zero attached hydrogens (tertiary/aromatic N) is 3. The highest BCUT2D eigenvalue weighted by atomic mass is 16.5. The van der Waals surface area contributed by atoms with E-state index < -0.39 is 0 Å². The molecule has 0 aromatic carbocycles. The highest BCUT2D eigenvalue weighted by Crippen LogP contribution is 2.32. The van der Waals surface area contributed by atoms with Crippen molar-refractivity contribution in [3.05, 3.63) is 17.0 Å². The Morgan fingerprint density at radius 1 is 1.30 bits per heavy atom. The summed E-state index contributed by atoms with van der Waals surface area (Å²) in [5.41, 5.74) is 3.72. The molecule has 1 aromatic rings. The molecule has 1 aliphatic carbocycles. The predicted molar refractivity (Wildman–Crippen MR) is 78.8 cm³/mol. The van der Waals surface area contributed by atoms with Gasteiger partial charge in [-0.3, -0.25) is 9.58 Å². The quantitative estimate of drug-likeness (QED) is 0.897. The molecule has 1 saturated carbocycles. The lowest BCUT2D eigenvalue weighted by Gasteiger charge is -2.39. The van der Waals surface area contributed by atoms with Gasteiger partial charge in [0.05, 0.1) is 24.4 Å². The van der Waals surface area contributed by atoms with Crippen molar-refractivity contribution in [2.45, 2.75) is 44.9 Å². The zero-order valence-corrected chi connectivity index (χ0v) is 13.0. The molecule has 0 bridgehead atoms. The van der Waals surface area contributed by atoms with Gasteiger partial charge < -0.3 is 10.1 Å². The average Bonchev–Trinajstić information content (AvgIpc) is 3.19. The van der Waals surface area contributed by atoms with Gasteiger partial charge in [-0.1, -0.05) is 0 Å². The molecule has 2 fully saturated rings. The van der Waals surface area contributed by atoms with E-state index in [0.717, 1.165) is 31.4 Å². The Balaban J connectivity index is 1.84. The van der Waals surface area contributed by atoms with Crippen molar-refractivity contribution in [1.29, 1.82) is 0 Å². The molecule has 0 spiro atoms. The fraction of sp³-hybridized carbons (Fsp3) is 0.800. The van der Waals surface area contributed by atoms with E-state index in [9.17, 15) is 0 Å². The highest BCUT2D eigenvalue weighted by molar-refractivity contribution is 5.29. The normalized spacial score (nSPS) is 28.0. The lowest BCUT2D eigenvalue weighted by atomic mass is 9.96. The maximum atomic E-state index is 6.07. The van der Waals surface area contributed by atoms with E-state index in [-0.39, 0.29) is 6.10 Å². The first-order valence-electron chi connectivity index (χ1n) is 7.63. The fourth-order valence-corrected chi connectivity index (χ4v) is 3.23. The van der Waals surface area contributed by atoms with Gasteiger partial charge in [-0.25, -0.2) is 0 Å². The van der Waals surface area contributed by atoms with E-state index in [2.05, 4.69) is 36.2 Å². The first kappa shape index (κ1) is 14.0. The van der Waals surface area contributed by atoms with Crippen LogP contribution in [0, 0.1) is 13.8 Å². The van der Waals surface area contributed by atoms with Crippen molar-refractivity contribution in [3.63, 3.8) is 0 Å². The van der Waals surface area contributed by atoms with E-state index in [0.29, 0.717) is 6.04 Å². The van der Waals surface area contributed by atoms with Crippen LogP contribution in [0.1, 0.15) is 35.8 Å². The number of nitrogens with one attached hydrogen (secondary N) is 1. The molecule has 3 rings (SSSR count). The first-order chi connectivity index (χ1) is 9.58. The summed E-state index contributed by atoms with van der Waals surface area (Å²) in [6, 6.07) is 1.03. The molecule has 2 aliphatic rings. The van der Waals surface area contributed by atoms with Crippen LogP contribution in [0.3, 0.4) is 0 Å². The summed E-state index contributed by atoms with van der Waals surface area (Å²) in [7, 11) is 4.22. The van der Waals surface area contributed by atoms with E-state index >= 15 is 0 Å². The van der Waals surface area contributed by atoms with Gasteiger partial charge in [0.1, 0.15) is 0 Å². The highest BCUT2D eigenvalue weighted by Gasteiger charge is 2.35. The summed E-state index contributed by atoms with van der Waals surface area (Å²) in [5, 5.41) is 8.19. The molecule has 5 heteroatoms. The topological polar surface area (TPSA) is 42.3 Å². The Labute approximate surface area is 121 Å². The van der Waals surface area contributed by atoms with Crippen molar-refractivity contribution in [2.24, 2.45) is 7.05 Å². The maximum absolute atomic E-state index is 6.07. The summed E-state index contributed by atoms with van der Waals surface area (Å²) in [6.45, 7) is 7.01. The van der Waals surface area contributed by atoms with Crippen LogP contribution in [0.5, 0.6) is 0 Å². The van der Waals surface area contributed by atoms with E-state index in [4.69, 9.17) is 4.74 Å². The number of rotatable bonds is 4. The summed E-state index contributed by atoms with van der Waals surface area (Å²) in [6.07, 6.45) is 2.85. The van der Waals surface area contributed by atoms with Crippen LogP contribution in [0.4, 0.5) is 0 Å². The van der Waals surface area contributed by atoms with Crippen LogP contribution >= 0.6 is 0 Å². The minimum atomic E-state index is 0.218. The van der Waals surface area contributed by atoms with E-state index in [1.54, 1.807) is 0 Å². The third-order valence-corrected chi connectivity index (χ3v) is 4.65. The zero-order chi connectivity index (χ0) is 14.3. The number of aryl methyl sites for hydroxylation is 2. The van der Waals surface area contributed by atoms with Crippen molar-refractivity contribution >= 4 is 0 Å². The van der Waals surface area contributed by atoms with Crippen molar-refractivity contribution in [2.75, 3.05) is 26.7 Å². The van der Waals surface area contributed by atoms with Gasteiger partial charge in [0.25, 0.3) is 0 Å². The molecule has 0 radical (unpaired) electrons. The van der Waals surface area contributed by atoms with Crippen molar-refractivity contribution in [1.82, 2.24) is 20.0 Å². The third-order valence-electron chi connectivity index (χ3n) is 4.65. The third kappa shape index (κ3) is 2.62. The number of aromatic nitrogens is 2. The van der Waals surface area contributed by atoms with Crippen molar-refractivity contribution in [3.8, 4) is 0 Å². The van der Waals surface area contributed by atoms with Gasteiger partial charge in [-0.05, 0) is 33.7 Å². The molecule has 20 heavy (non-hydrogen) atoms. The Kier molecular flexibility index (Phi) is 3.84. The van der Waals surface area contributed by atoms with E-state index in [1.165, 1.54) is 24.1 Å². The van der Waals surface area contributed by atoms with Crippen LogP contribution in [0.25, 0.3) is 0 Å². The standard InChI is InChI=1S/C15H26N4O/c1-10-14(11(2)19(4)17-10)15-13(9-16-12-5-6-12)20-8-7-18(15)3/h12-13,15-16H,5-9H2,1-4H3. The number of hydrogen-bond donors (Lipinski definition) is 1. The SMILES string of the molecule is Cc1nn(C)c(C)c1C1C(CNC2CC2)OCCN1C. The molecule has 112 valence electrons. The summed E-state index contributed by atoms with van der Waals surface area (Å²) in [4.78, 5) is 2.42. The summed E-state index contributed by atoms with van der Waals surface area (Å²) >= 11 is 0. The van der Waals surface area contributed by atoms with Gasteiger partial charge >= 0.3 is 0 Å². The Bertz CT molecular complexity index is 480. The van der Waals surface area contributed by atoms with Crippen LogP contribution in [-0.4, -0.2) is 53.6 Å². The molecule has 2 unspecified atom stereocenters. The van der Waals surface area contributed by atoms with Gasteiger partial charge in [0.15, 0.2) is 0 Å². The van der Waals surface area contributed by atoms with Gasteiger partial charge in [0.2, 0.25) is 0 Å². The number of hydrogen-bond acceptors (Lipinski definition) is 4. The molecule has 1 aliphatic heterocycles. The first-order valence-corrected chi connectivity index (χ1v) is 7.63. The molecule has 1 N–H and O–H groups in total. The second-order valence-electron chi connectivity index (χ2n) is 6.23. The molecule has 1 aromatic heterocycles. The van der Waals surface area contributed by atoms with E-state index in [1.807, 2.05) is 11.7 Å². The maximum Gasteiger partial charge on any atom is 0.0897 e. The second-order valence-corrected chi connectivity index (χ2v) is 6.23. The van der Waals surface area contributed by atoms with Crippen molar-refractivity contribution < 1.29 is 4.74 Å². The van der Waals surface area contributed by atoms with Gasteiger partial charge in [-0.2, -0.15) is 5.10 Å². The van der Waals surface area contributed by atoms with Crippen LogP contribution in [0.2, 0.25) is 0 Å². The molecule has 0 amide bonds. The Morgan fingerprint density at radius 3 is 2.65 bits per heavy atom. The predicted octanol–water partition coefficient (Wildman–Crippen LogP) is 1.16. The molecule has 2 heterocycles. The Hall–Kier alpha value is -0.910. The van der Waals surface area contributed by atoms with Gasteiger partial charge in [0, 0.05) is 37.4 Å². The summed E-state index contributed by atoms with van der Waals surface area (Å²) < 4.78 is 8.06. The minimum absolute atomic E-state index is 0.218. The van der Waals surface area contributed by atoms with Crippen LogP contribution in [0.15, 0.2) is 0 Å². The molecule has 1 saturated heterocycles. The van der Waals surface area contributed by atoms with Gasteiger partial charge in [-0.15, -0.1) is 0 Å². The summed E-state index contributed by atoms with van der Waals surface area (Å²) in [5.74, 6) is 0. The molecule has 5 nitrogen and oxygen atoms in total. The Morgan fingerprint density at radius 2 is 2.05 bits per heavy atom. The smallest absolute Gasteiger partial charge is 0.0897 e. The minimum Gasteiger partial charge on any atom is -0.374 e. The van der Waals surface area contributed by atoms with Crippen LogP contribution < -0.4 is 5.32 Å². The largest absolute Gasteiger partial charge is 0.374 e. The molecular formula is C15H26N4O. The van der Waals surface area contributed by atoms with Crippen LogP contribution in [-0.2, 0) is 11.8 Å².